The molecule has 0 fully saturated rings. The number of aromatic nitrogens is 1. The van der Waals surface area contributed by atoms with Crippen molar-refractivity contribution in [3.63, 3.8) is 0 Å². The predicted octanol–water partition coefficient (Wildman–Crippen LogP) is 5.54. The van der Waals surface area contributed by atoms with Gasteiger partial charge >= 0.3 is 5.97 Å². The van der Waals surface area contributed by atoms with Crippen LogP contribution in [0.3, 0.4) is 0 Å². The number of hydrogen-bond donors (Lipinski definition) is 0. The SMILES string of the molecule is COC(=O)c1c(-c2ccc(F)cc2)nc2cc(OC)c(OC)c(OC)c2c1-c1ccc(OC)c(OC)c1. The Hall–Kier alpha value is -4.53. The lowest BCUT2D eigenvalue weighted by Crippen LogP contribution is -2.10. The van der Waals surface area contributed by atoms with Gasteiger partial charge in [-0.3, -0.25) is 0 Å². The molecule has 0 saturated heterocycles. The second-order valence-electron chi connectivity index (χ2n) is 7.82. The lowest BCUT2D eigenvalue weighted by atomic mass is 9.91. The van der Waals surface area contributed by atoms with E-state index in [1.807, 2.05) is 0 Å². The summed E-state index contributed by atoms with van der Waals surface area (Å²) < 4.78 is 46.8. The summed E-state index contributed by atoms with van der Waals surface area (Å²) in [6.45, 7) is 0. The number of esters is 1. The van der Waals surface area contributed by atoms with Crippen LogP contribution >= 0.6 is 0 Å². The number of ether oxygens (including phenoxy) is 6. The van der Waals surface area contributed by atoms with Gasteiger partial charge in [0, 0.05) is 17.2 Å². The Balaban J connectivity index is 2.27. The highest BCUT2D eigenvalue weighted by atomic mass is 19.1. The van der Waals surface area contributed by atoms with Gasteiger partial charge in [0.05, 0.1) is 64.8 Å². The van der Waals surface area contributed by atoms with Crippen molar-refractivity contribution >= 4 is 16.9 Å². The second kappa shape index (κ2) is 10.6. The van der Waals surface area contributed by atoms with E-state index in [1.165, 1.54) is 54.8 Å². The Morgan fingerprint density at radius 1 is 0.703 bits per heavy atom. The molecule has 3 aromatic carbocycles. The predicted molar refractivity (Wildman–Crippen MR) is 137 cm³/mol. The third kappa shape index (κ3) is 4.44. The third-order valence-corrected chi connectivity index (χ3v) is 5.96. The summed E-state index contributed by atoms with van der Waals surface area (Å²) in [6, 6.07) is 12.6. The second-order valence-corrected chi connectivity index (χ2v) is 7.82. The molecular weight excluding hydrogens is 481 g/mol. The molecule has 37 heavy (non-hydrogen) atoms. The Kier molecular flexibility index (Phi) is 7.33. The molecule has 0 spiro atoms. The van der Waals surface area contributed by atoms with Crippen LogP contribution in [0.2, 0.25) is 0 Å². The Morgan fingerprint density at radius 2 is 1.32 bits per heavy atom. The highest BCUT2D eigenvalue weighted by molar-refractivity contribution is 6.14. The van der Waals surface area contributed by atoms with Crippen molar-refractivity contribution in [3.05, 3.63) is 59.9 Å². The first-order chi connectivity index (χ1) is 17.9. The van der Waals surface area contributed by atoms with Crippen LogP contribution in [0, 0.1) is 5.82 Å². The van der Waals surface area contributed by atoms with E-state index in [4.69, 9.17) is 33.4 Å². The van der Waals surface area contributed by atoms with E-state index >= 15 is 0 Å². The fraction of sp³-hybridized carbons (Fsp3) is 0.214. The maximum Gasteiger partial charge on any atom is 0.340 e. The normalized spacial score (nSPS) is 10.7. The summed E-state index contributed by atoms with van der Waals surface area (Å²) in [4.78, 5) is 18.2. The molecule has 0 bridgehead atoms. The zero-order valence-corrected chi connectivity index (χ0v) is 21.3. The minimum atomic E-state index is -0.643. The lowest BCUT2D eigenvalue weighted by Gasteiger charge is -2.21. The zero-order valence-electron chi connectivity index (χ0n) is 21.3. The minimum Gasteiger partial charge on any atom is -0.493 e. The Labute approximate surface area is 213 Å². The smallest absolute Gasteiger partial charge is 0.340 e. The molecule has 9 heteroatoms. The lowest BCUT2D eigenvalue weighted by molar-refractivity contribution is 0.0602. The standard InChI is InChI=1S/C28H26FNO7/c1-32-19-12-9-16(13-20(19)33-2)22-23-18(14-21(34-3)26(35-4)27(23)36-5)30-25(24(22)28(31)37-6)15-7-10-17(29)11-8-15/h7-14H,1-6H3. The number of rotatable bonds is 8. The summed E-state index contributed by atoms with van der Waals surface area (Å²) in [7, 11) is 8.82. The van der Waals surface area contributed by atoms with Crippen molar-refractivity contribution < 1.29 is 37.6 Å². The van der Waals surface area contributed by atoms with Crippen molar-refractivity contribution in [2.75, 3.05) is 42.7 Å². The minimum absolute atomic E-state index is 0.152. The van der Waals surface area contributed by atoms with Crippen LogP contribution < -0.4 is 23.7 Å². The monoisotopic (exact) mass is 507 g/mol. The number of pyridine rings is 1. The molecule has 0 atom stereocenters. The highest BCUT2D eigenvalue weighted by Gasteiger charge is 2.29. The summed E-state index contributed by atoms with van der Waals surface area (Å²) in [5.74, 6) is 0.912. The number of nitrogens with zero attached hydrogens (tertiary/aromatic N) is 1. The molecule has 0 unspecified atom stereocenters. The van der Waals surface area contributed by atoms with E-state index in [9.17, 15) is 9.18 Å². The van der Waals surface area contributed by atoms with Crippen LogP contribution in [0.5, 0.6) is 28.7 Å². The maximum atomic E-state index is 13.8. The van der Waals surface area contributed by atoms with Gasteiger partial charge in [-0.1, -0.05) is 6.07 Å². The van der Waals surface area contributed by atoms with Crippen molar-refractivity contribution in [2.24, 2.45) is 0 Å². The van der Waals surface area contributed by atoms with Gasteiger partial charge < -0.3 is 28.4 Å². The van der Waals surface area contributed by atoms with Crippen molar-refractivity contribution in [3.8, 4) is 51.1 Å². The number of benzene rings is 3. The van der Waals surface area contributed by atoms with E-state index in [0.717, 1.165) is 0 Å². The van der Waals surface area contributed by atoms with Crippen LogP contribution in [-0.4, -0.2) is 53.6 Å². The molecule has 0 saturated carbocycles. The van der Waals surface area contributed by atoms with Gasteiger partial charge in [-0.05, 0) is 42.0 Å². The van der Waals surface area contributed by atoms with E-state index in [0.29, 0.717) is 62.0 Å². The number of halogens is 1. The van der Waals surface area contributed by atoms with E-state index in [-0.39, 0.29) is 5.56 Å². The molecule has 0 radical (unpaired) electrons. The largest absolute Gasteiger partial charge is 0.493 e. The number of carbonyl (C=O) groups is 1. The van der Waals surface area contributed by atoms with Gasteiger partial charge in [-0.2, -0.15) is 0 Å². The van der Waals surface area contributed by atoms with E-state index in [1.54, 1.807) is 36.4 Å². The summed E-state index contributed by atoms with van der Waals surface area (Å²) in [5.41, 5.74) is 2.46. The van der Waals surface area contributed by atoms with Gasteiger partial charge in [-0.25, -0.2) is 14.2 Å². The van der Waals surface area contributed by atoms with Gasteiger partial charge in [0.25, 0.3) is 0 Å². The highest BCUT2D eigenvalue weighted by Crippen LogP contribution is 2.49. The van der Waals surface area contributed by atoms with Crippen molar-refractivity contribution in [2.45, 2.75) is 0 Å². The molecule has 4 aromatic rings. The van der Waals surface area contributed by atoms with Crippen LogP contribution in [0.4, 0.5) is 4.39 Å². The van der Waals surface area contributed by atoms with E-state index in [2.05, 4.69) is 0 Å². The van der Waals surface area contributed by atoms with Crippen LogP contribution in [0.1, 0.15) is 10.4 Å². The van der Waals surface area contributed by atoms with Gasteiger partial charge in [-0.15, -0.1) is 0 Å². The topological polar surface area (TPSA) is 85.3 Å². The molecule has 0 aliphatic carbocycles. The van der Waals surface area contributed by atoms with Crippen molar-refractivity contribution in [1.29, 1.82) is 0 Å². The summed E-state index contributed by atoms with van der Waals surface area (Å²) >= 11 is 0. The zero-order chi connectivity index (χ0) is 26.7. The molecule has 1 heterocycles. The first kappa shape index (κ1) is 25.6. The van der Waals surface area contributed by atoms with Crippen molar-refractivity contribution in [1.82, 2.24) is 4.98 Å². The average Bonchev–Trinajstić information content (AvgIpc) is 2.94. The van der Waals surface area contributed by atoms with Crippen LogP contribution in [-0.2, 0) is 4.74 Å². The molecule has 1 aromatic heterocycles. The molecule has 4 rings (SSSR count). The van der Waals surface area contributed by atoms with Gasteiger partial charge in [0.15, 0.2) is 23.0 Å². The third-order valence-electron chi connectivity index (χ3n) is 5.96. The maximum absolute atomic E-state index is 13.8. The summed E-state index contributed by atoms with van der Waals surface area (Å²) in [5, 5.41) is 0.485. The fourth-order valence-electron chi connectivity index (χ4n) is 4.29. The molecular formula is C28H26FNO7. The molecule has 0 aliphatic rings. The van der Waals surface area contributed by atoms with Gasteiger partial charge in [0.1, 0.15) is 5.82 Å². The van der Waals surface area contributed by atoms with Gasteiger partial charge in [0.2, 0.25) is 5.75 Å². The molecule has 0 aliphatic heterocycles. The summed E-state index contributed by atoms with van der Waals surface area (Å²) in [6.07, 6.45) is 0. The van der Waals surface area contributed by atoms with Crippen LogP contribution in [0.25, 0.3) is 33.3 Å². The number of fused-ring (bicyclic) bond motifs is 1. The number of methoxy groups -OCH3 is 6. The molecule has 8 nitrogen and oxygen atoms in total. The Bertz CT molecular complexity index is 1470. The van der Waals surface area contributed by atoms with Crippen LogP contribution in [0.15, 0.2) is 48.5 Å². The average molecular weight is 508 g/mol. The quantitative estimate of drug-likeness (QED) is 0.288. The molecule has 192 valence electrons. The first-order valence-corrected chi connectivity index (χ1v) is 11.2. The Morgan fingerprint density at radius 3 is 1.89 bits per heavy atom. The number of hydrogen-bond acceptors (Lipinski definition) is 8. The van der Waals surface area contributed by atoms with E-state index < -0.39 is 11.8 Å². The number of carbonyl (C=O) groups excluding carboxylic acids is 1. The molecule has 0 amide bonds. The first-order valence-electron chi connectivity index (χ1n) is 11.2. The fourth-order valence-corrected chi connectivity index (χ4v) is 4.29. The molecule has 0 N–H and O–H groups in total.